The highest BCUT2D eigenvalue weighted by molar-refractivity contribution is 5.98. The zero-order valence-electron chi connectivity index (χ0n) is 18.7. The summed E-state index contributed by atoms with van der Waals surface area (Å²) in [7, 11) is 0. The molecular formula is C26H29F2N3O2. The van der Waals surface area contributed by atoms with Crippen molar-refractivity contribution in [3.05, 3.63) is 58.9 Å². The summed E-state index contributed by atoms with van der Waals surface area (Å²) in [5.41, 5.74) is 2.85. The van der Waals surface area contributed by atoms with Gasteiger partial charge in [0.25, 0.3) is 11.8 Å². The number of rotatable bonds is 6. The second-order valence-corrected chi connectivity index (χ2v) is 9.28. The van der Waals surface area contributed by atoms with E-state index in [1.165, 1.54) is 31.4 Å². The van der Waals surface area contributed by atoms with Gasteiger partial charge in [0.05, 0.1) is 0 Å². The van der Waals surface area contributed by atoms with Crippen LogP contribution in [-0.4, -0.2) is 66.6 Å². The molecule has 5 nitrogen and oxygen atoms in total. The number of hydrogen-bond donors (Lipinski definition) is 1. The van der Waals surface area contributed by atoms with Gasteiger partial charge in [0.15, 0.2) is 0 Å². The molecule has 5 rings (SSSR count). The summed E-state index contributed by atoms with van der Waals surface area (Å²) in [6.07, 6.45) is 5.67. The number of carbonyl (C=O) groups is 2. The van der Waals surface area contributed by atoms with Crippen LogP contribution in [0.15, 0.2) is 36.4 Å². The van der Waals surface area contributed by atoms with Crippen LogP contribution in [0.25, 0.3) is 11.1 Å². The molecule has 2 heterocycles. The first kappa shape index (κ1) is 22.0. The van der Waals surface area contributed by atoms with Crippen LogP contribution in [0.5, 0.6) is 0 Å². The molecule has 0 radical (unpaired) electrons. The Morgan fingerprint density at radius 1 is 1.03 bits per heavy atom. The smallest absolute Gasteiger partial charge is 0.254 e. The van der Waals surface area contributed by atoms with Gasteiger partial charge in [-0.3, -0.25) is 14.5 Å². The van der Waals surface area contributed by atoms with Crippen LogP contribution in [0.3, 0.4) is 0 Å². The molecule has 1 N–H and O–H groups in total. The molecule has 0 unspecified atom stereocenters. The van der Waals surface area contributed by atoms with Gasteiger partial charge >= 0.3 is 0 Å². The number of nitrogens with one attached hydrogen (secondary N) is 1. The van der Waals surface area contributed by atoms with Crippen molar-refractivity contribution in [2.24, 2.45) is 0 Å². The zero-order chi connectivity index (χ0) is 22.9. The van der Waals surface area contributed by atoms with Crippen LogP contribution >= 0.6 is 0 Å². The van der Waals surface area contributed by atoms with Crippen molar-refractivity contribution in [3.63, 3.8) is 0 Å². The highest BCUT2D eigenvalue weighted by atomic mass is 19.1. The van der Waals surface area contributed by atoms with Gasteiger partial charge in [0, 0.05) is 55.0 Å². The van der Waals surface area contributed by atoms with Crippen molar-refractivity contribution >= 4 is 11.8 Å². The number of amides is 2. The highest BCUT2D eigenvalue weighted by Gasteiger charge is 2.37. The molecule has 33 heavy (non-hydrogen) atoms. The Morgan fingerprint density at radius 2 is 1.85 bits per heavy atom. The lowest BCUT2D eigenvalue weighted by Crippen LogP contribution is -2.47. The van der Waals surface area contributed by atoms with Gasteiger partial charge in [-0.2, -0.15) is 0 Å². The fourth-order valence-electron chi connectivity index (χ4n) is 5.28. The SMILES string of the molecule is O=C(NCCF)c1ccc(-c2ccc3c(c2)CCN([C@@H]2CCN(C4CCC4)C2)C3=O)c(F)c1. The Morgan fingerprint density at radius 3 is 2.58 bits per heavy atom. The van der Waals surface area contributed by atoms with Crippen molar-refractivity contribution in [1.82, 2.24) is 15.1 Å². The first-order chi connectivity index (χ1) is 16.0. The number of likely N-dealkylation sites (tertiary alicyclic amines) is 1. The molecule has 0 spiro atoms. The molecule has 2 amide bonds. The van der Waals surface area contributed by atoms with Crippen LogP contribution in [0, 0.1) is 5.82 Å². The molecule has 0 bridgehead atoms. The molecule has 1 atom stereocenters. The average molecular weight is 454 g/mol. The van der Waals surface area contributed by atoms with Gasteiger partial charge in [0.1, 0.15) is 12.5 Å². The number of nitrogens with zero attached hydrogens (tertiary/aromatic N) is 2. The summed E-state index contributed by atoms with van der Waals surface area (Å²) < 4.78 is 27.1. The number of halogens is 2. The van der Waals surface area contributed by atoms with Gasteiger partial charge in [-0.25, -0.2) is 8.78 Å². The van der Waals surface area contributed by atoms with Crippen LogP contribution in [-0.2, 0) is 6.42 Å². The van der Waals surface area contributed by atoms with E-state index in [9.17, 15) is 18.4 Å². The van der Waals surface area contributed by atoms with Gasteiger partial charge in [-0.05, 0) is 55.0 Å². The molecule has 1 saturated heterocycles. The summed E-state index contributed by atoms with van der Waals surface area (Å²) in [6, 6.07) is 10.7. The summed E-state index contributed by atoms with van der Waals surface area (Å²) in [6.45, 7) is 1.97. The van der Waals surface area contributed by atoms with E-state index < -0.39 is 18.4 Å². The lowest BCUT2D eigenvalue weighted by molar-refractivity contribution is 0.0646. The number of alkyl halides is 1. The van der Waals surface area contributed by atoms with Gasteiger partial charge < -0.3 is 10.2 Å². The normalized spacial score (nSPS) is 21.1. The molecule has 3 aliphatic rings. The minimum atomic E-state index is -0.670. The summed E-state index contributed by atoms with van der Waals surface area (Å²) in [5.74, 6) is -0.950. The maximum atomic E-state index is 14.8. The summed E-state index contributed by atoms with van der Waals surface area (Å²) in [5, 5.41) is 2.40. The third kappa shape index (κ3) is 4.26. The number of fused-ring (bicyclic) bond motifs is 1. The molecule has 2 aliphatic heterocycles. The monoisotopic (exact) mass is 453 g/mol. The molecular weight excluding hydrogens is 424 g/mol. The maximum absolute atomic E-state index is 14.8. The number of carbonyl (C=O) groups excluding carboxylic acids is 2. The lowest BCUT2D eigenvalue weighted by Gasteiger charge is -2.37. The zero-order valence-corrected chi connectivity index (χ0v) is 18.7. The molecule has 2 aromatic carbocycles. The largest absolute Gasteiger partial charge is 0.349 e. The Kier molecular flexibility index (Phi) is 6.15. The van der Waals surface area contributed by atoms with Crippen LogP contribution < -0.4 is 5.32 Å². The third-order valence-corrected chi connectivity index (χ3v) is 7.37. The topological polar surface area (TPSA) is 52.7 Å². The molecule has 0 aromatic heterocycles. The minimum Gasteiger partial charge on any atom is -0.349 e. The van der Waals surface area contributed by atoms with E-state index in [2.05, 4.69) is 10.2 Å². The Labute approximate surface area is 192 Å². The Hall–Kier alpha value is -2.80. The molecule has 2 fully saturated rings. The second-order valence-electron chi connectivity index (χ2n) is 9.28. The van der Waals surface area contributed by atoms with E-state index >= 15 is 0 Å². The van der Waals surface area contributed by atoms with Crippen LogP contribution in [0.1, 0.15) is 52.0 Å². The predicted octanol–water partition coefficient (Wildman–Crippen LogP) is 3.82. The van der Waals surface area contributed by atoms with Gasteiger partial charge in [-0.1, -0.05) is 24.6 Å². The number of hydrogen-bond acceptors (Lipinski definition) is 3. The molecule has 2 aromatic rings. The summed E-state index contributed by atoms with van der Waals surface area (Å²) >= 11 is 0. The maximum Gasteiger partial charge on any atom is 0.254 e. The van der Waals surface area contributed by atoms with E-state index in [-0.39, 0.29) is 24.1 Å². The number of benzene rings is 2. The average Bonchev–Trinajstić information content (AvgIpc) is 3.25. The third-order valence-electron chi connectivity index (χ3n) is 7.37. The van der Waals surface area contributed by atoms with E-state index in [1.54, 1.807) is 18.2 Å². The molecule has 7 heteroatoms. The van der Waals surface area contributed by atoms with Gasteiger partial charge in [-0.15, -0.1) is 0 Å². The highest BCUT2D eigenvalue weighted by Crippen LogP contribution is 2.33. The van der Waals surface area contributed by atoms with E-state index in [4.69, 9.17) is 0 Å². The summed E-state index contributed by atoms with van der Waals surface area (Å²) in [4.78, 5) is 29.8. The van der Waals surface area contributed by atoms with Crippen LogP contribution in [0.2, 0.25) is 0 Å². The second kappa shape index (κ2) is 9.21. The fourth-order valence-corrected chi connectivity index (χ4v) is 5.28. The molecule has 174 valence electrons. The van der Waals surface area contributed by atoms with Crippen molar-refractivity contribution in [1.29, 1.82) is 0 Å². The Bertz CT molecular complexity index is 1070. The van der Waals surface area contributed by atoms with E-state index in [1.807, 2.05) is 11.0 Å². The van der Waals surface area contributed by atoms with E-state index in [0.29, 0.717) is 29.3 Å². The fraction of sp³-hybridized carbons (Fsp3) is 0.462. The molecule has 1 aliphatic carbocycles. The predicted molar refractivity (Wildman–Crippen MR) is 123 cm³/mol. The first-order valence-corrected chi connectivity index (χ1v) is 11.9. The quantitative estimate of drug-likeness (QED) is 0.724. The standard InChI is InChI=1S/C26H29F2N3O2/c27-10-11-29-25(32)19-5-6-22(24(28)15-19)17-4-7-23-18(14-17)8-13-31(26(23)33)21-9-12-30(16-21)20-2-1-3-20/h4-7,14-15,20-21H,1-3,8-13,16H2,(H,29,32)/t21-/m1/s1. The van der Waals surface area contributed by atoms with Crippen molar-refractivity contribution < 1.29 is 18.4 Å². The first-order valence-electron chi connectivity index (χ1n) is 11.9. The van der Waals surface area contributed by atoms with E-state index in [0.717, 1.165) is 31.5 Å². The van der Waals surface area contributed by atoms with Crippen LogP contribution in [0.4, 0.5) is 8.78 Å². The van der Waals surface area contributed by atoms with Gasteiger partial charge in [0.2, 0.25) is 0 Å². The lowest BCUT2D eigenvalue weighted by atomic mass is 9.91. The molecule has 1 saturated carbocycles. The van der Waals surface area contributed by atoms with Crippen molar-refractivity contribution in [2.45, 2.75) is 44.2 Å². The minimum absolute atomic E-state index is 0.0728. The Balaban J connectivity index is 1.31. The van der Waals surface area contributed by atoms with Crippen molar-refractivity contribution in [3.8, 4) is 11.1 Å². The van der Waals surface area contributed by atoms with Crippen molar-refractivity contribution in [2.75, 3.05) is 32.9 Å².